The van der Waals surface area contributed by atoms with E-state index in [0.717, 1.165) is 30.0 Å². The van der Waals surface area contributed by atoms with Crippen molar-refractivity contribution in [3.63, 3.8) is 0 Å². The van der Waals surface area contributed by atoms with E-state index in [1.165, 1.54) is 5.56 Å². The first-order valence-electron chi connectivity index (χ1n) is 8.20. The van der Waals surface area contributed by atoms with Gasteiger partial charge < -0.3 is 10.6 Å². The predicted octanol–water partition coefficient (Wildman–Crippen LogP) is 3.62. The van der Waals surface area contributed by atoms with Crippen molar-refractivity contribution in [2.45, 2.75) is 33.1 Å². The first kappa shape index (κ1) is 18.2. The number of carbonyl (C=O) groups is 1. The van der Waals surface area contributed by atoms with Gasteiger partial charge in [-0.2, -0.15) is 0 Å². The van der Waals surface area contributed by atoms with Crippen molar-refractivity contribution in [3.8, 4) is 0 Å². The van der Waals surface area contributed by atoms with Crippen LogP contribution in [0.4, 0.5) is 5.95 Å². The molecule has 1 heterocycles. The predicted molar refractivity (Wildman–Crippen MR) is 97.7 cm³/mol. The Morgan fingerprint density at radius 1 is 1.17 bits per heavy atom. The van der Waals surface area contributed by atoms with Crippen LogP contribution in [0.2, 0.25) is 5.02 Å². The molecule has 6 heteroatoms. The molecule has 0 spiro atoms. The molecular formula is C18H23ClN4O. The highest BCUT2D eigenvalue weighted by molar-refractivity contribution is 6.30. The summed E-state index contributed by atoms with van der Waals surface area (Å²) in [5, 5.41) is 6.78. The van der Waals surface area contributed by atoms with Crippen LogP contribution in [0.1, 0.15) is 41.5 Å². The van der Waals surface area contributed by atoms with Crippen molar-refractivity contribution in [1.82, 2.24) is 15.3 Å². The van der Waals surface area contributed by atoms with Gasteiger partial charge in [-0.15, -0.1) is 0 Å². The Hall–Kier alpha value is -2.14. The fraction of sp³-hybridized carbons (Fsp3) is 0.389. The van der Waals surface area contributed by atoms with Gasteiger partial charge in [0, 0.05) is 23.8 Å². The lowest BCUT2D eigenvalue weighted by Gasteiger charge is -2.09. The number of aryl methyl sites for hydroxylation is 1. The molecule has 0 saturated carbocycles. The SMILES string of the molecule is CCCCNC(=O)c1cc(C)nc(NCCc2ccc(Cl)cc2)n1. The highest BCUT2D eigenvalue weighted by Gasteiger charge is 2.09. The molecule has 1 aromatic heterocycles. The Labute approximate surface area is 147 Å². The quantitative estimate of drug-likeness (QED) is 0.716. The molecule has 0 aliphatic heterocycles. The zero-order valence-corrected chi connectivity index (χ0v) is 14.9. The van der Waals surface area contributed by atoms with Crippen LogP contribution in [0.5, 0.6) is 0 Å². The summed E-state index contributed by atoms with van der Waals surface area (Å²) < 4.78 is 0. The Morgan fingerprint density at radius 2 is 1.92 bits per heavy atom. The molecule has 2 aromatic rings. The zero-order valence-electron chi connectivity index (χ0n) is 14.1. The maximum Gasteiger partial charge on any atom is 0.270 e. The van der Waals surface area contributed by atoms with Gasteiger partial charge in [0.2, 0.25) is 5.95 Å². The number of benzene rings is 1. The van der Waals surface area contributed by atoms with Gasteiger partial charge in [-0.05, 0) is 43.5 Å². The van der Waals surface area contributed by atoms with Crippen LogP contribution in [0.15, 0.2) is 30.3 Å². The number of nitrogens with one attached hydrogen (secondary N) is 2. The second kappa shape index (κ2) is 9.23. The van der Waals surface area contributed by atoms with Crippen LogP contribution < -0.4 is 10.6 Å². The van der Waals surface area contributed by atoms with E-state index in [1.807, 2.05) is 31.2 Å². The van der Waals surface area contributed by atoms with Crippen LogP contribution in [-0.4, -0.2) is 29.0 Å². The van der Waals surface area contributed by atoms with Gasteiger partial charge in [-0.1, -0.05) is 37.1 Å². The fourth-order valence-corrected chi connectivity index (χ4v) is 2.33. The van der Waals surface area contributed by atoms with Crippen molar-refractivity contribution >= 4 is 23.5 Å². The van der Waals surface area contributed by atoms with Gasteiger partial charge in [0.15, 0.2) is 0 Å². The molecule has 128 valence electrons. The first-order valence-corrected chi connectivity index (χ1v) is 8.58. The number of unbranched alkanes of at least 4 members (excludes halogenated alkanes) is 1. The monoisotopic (exact) mass is 346 g/mol. The van der Waals surface area contributed by atoms with E-state index in [1.54, 1.807) is 6.07 Å². The summed E-state index contributed by atoms with van der Waals surface area (Å²) in [6, 6.07) is 9.44. The first-order chi connectivity index (χ1) is 11.6. The van der Waals surface area contributed by atoms with Crippen LogP contribution >= 0.6 is 11.6 Å². The lowest BCUT2D eigenvalue weighted by molar-refractivity contribution is 0.0948. The second-order valence-electron chi connectivity index (χ2n) is 5.63. The summed E-state index contributed by atoms with van der Waals surface area (Å²) in [6.07, 6.45) is 2.83. The molecule has 0 aliphatic carbocycles. The Balaban J connectivity index is 1.92. The van der Waals surface area contributed by atoms with Crippen LogP contribution in [0.3, 0.4) is 0 Å². The van der Waals surface area contributed by atoms with Crippen molar-refractivity contribution in [2.24, 2.45) is 0 Å². The van der Waals surface area contributed by atoms with Crippen molar-refractivity contribution in [1.29, 1.82) is 0 Å². The average molecular weight is 347 g/mol. The van der Waals surface area contributed by atoms with Gasteiger partial charge in [-0.25, -0.2) is 9.97 Å². The van der Waals surface area contributed by atoms with Crippen LogP contribution in [-0.2, 0) is 6.42 Å². The third-order valence-electron chi connectivity index (χ3n) is 3.51. The van der Waals surface area contributed by atoms with Crippen LogP contribution in [0, 0.1) is 6.92 Å². The van der Waals surface area contributed by atoms with E-state index in [2.05, 4.69) is 27.5 Å². The number of halogens is 1. The minimum absolute atomic E-state index is 0.158. The van der Waals surface area contributed by atoms with E-state index in [4.69, 9.17) is 11.6 Å². The summed E-state index contributed by atoms with van der Waals surface area (Å²) >= 11 is 5.88. The molecular weight excluding hydrogens is 324 g/mol. The minimum Gasteiger partial charge on any atom is -0.354 e. The number of anilines is 1. The molecule has 0 atom stereocenters. The van der Waals surface area contributed by atoms with Gasteiger partial charge in [0.05, 0.1) is 0 Å². The number of aromatic nitrogens is 2. The molecule has 1 aromatic carbocycles. The maximum absolute atomic E-state index is 12.1. The number of carbonyl (C=O) groups excluding carboxylic acids is 1. The number of hydrogen-bond acceptors (Lipinski definition) is 4. The number of hydrogen-bond donors (Lipinski definition) is 2. The molecule has 0 aliphatic rings. The smallest absolute Gasteiger partial charge is 0.270 e. The Kier molecular flexibility index (Phi) is 7.00. The normalized spacial score (nSPS) is 10.5. The highest BCUT2D eigenvalue weighted by atomic mass is 35.5. The number of rotatable bonds is 8. The lowest BCUT2D eigenvalue weighted by Crippen LogP contribution is -2.26. The highest BCUT2D eigenvalue weighted by Crippen LogP contribution is 2.10. The van der Waals surface area contributed by atoms with Gasteiger partial charge >= 0.3 is 0 Å². The summed E-state index contributed by atoms with van der Waals surface area (Å²) in [4.78, 5) is 20.7. The molecule has 0 saturated heterocycles. The van der Waals surface area contributed by atoms with E-state index < -0.39 is 0 Å². The van der Waals surface area contributed by atoms with E-state index in [0.29, 0.717) is 24.7 Å². The average Bonchev–Trinajstić information content (AvgIpc) is 2.56. The molecule has 0 radical (unpaired) electrons. The largest absolute Gasteiger partial charge is 0.354 e. The molecule has 5 nitrogen and oxygen atoms in total. The van der Waals surface area contributed by atoms with Crippen molar-refractivity contribution < 1.29 is 4.79 Å². The topological polar surface area (TPSA) is 66.9 Å². The molecule has 0 bridgehead atoms. The Morgan fingerprint density at radius 3 is 2.62 bits per heavy atom. The molecule has 24 heavy (non-hydrogen) atoms. The summed E-state index contributed by atoms with van der Waals surface area (Å²) in [5.74, 6) is 0.319. The van der Waals surface area contributed by atoms with Crippen molar-refractivity contribution in [2.75, 3.05) is 18.4 Å². The standard InChI is InChI=1S/C18H23ClN4O/c1-3-4-10-20-17(24)16-12-13(2)22-18(23-16)21-11-9-14-5-7-15(19)8-6-14/h5-8,12H,3-4,9-11H2,1-2H3,(H,20,24)(H,21,22,23). The van der Waals surface area contributed by atoms with Gasteiger partial charge in [0.1, 0.15) is 5.69 Å². The van der Waals surface area contributed by atoms with Crippen LogP contribution in [0.25, 0.3) is 0 Å². The molecule has 0 fully saturated rings. The molecule has 1 amide bonds. The third kappa shape index (κ3) is 5.81. The lowest BCUT2D eigenvalue weighted by atomic mass is 10.1. The summed E-state index contributed by atoms with van der Waals surface area (Å²) in [5.41, 5.74) is 2.34. The van der Waals surface area contributed by atoms with Crippen molar-refractivity contribution in [3.05, 3.63) is 52.3 Å². The minimum atomic E-state index is -0.158. The molecule has 0 unspecified atom stereocenters. The van der Waals surface area contributed by atoms with Gasteiger partial charge in [0.25, 0.3) is 5.91 Å². The summed E-state index contributed by atoms with van der Waals surface area (Å²) in [7, 11) is 0. The third-order valence-corrected chi connectivity index (χ3v) is 3.76. The van der Waals surface area contributed by atoms with E-state index in [-0.39, 0.29) is 5.91 Å². The summed E-state index contributed by atoms with van der Waals surface area (Å²) in [6.45, 7) is 5.29. The van der Waals surface area contributed by atoms with E-state index in [9.17, 15) is 4.79 Å². The number of amides is 1. The van der Waals surface area contributed by atoms with Gasteiger partial charge in [-0.3, -0.25) is 4.79 Å². The Bertz CT molecular complexity index is 673. The number of nitrogens with zero attached hydrogens (tertiary/aromatic N) is 2. The molecule has 2 rings (SSSR count). The van der Waals surface area contributed by atoms with E-state index >= 15 is 0 Å². The maximum atomic E-state index is 12.1. The zero-order chi connectivity index (χ0) is 17.4. The molecule has 2 N–H and O–H groups in total. The second-order valence-corrected chi connectivity index (χ2v) is 6.07. The fourth-order valence-electron chi connectivity index (χ4n) is 2.20.